The maximum absolute atomic E-state index is 12.7. The van der Waals surface area contributed by atoms with Crippen molar-refractivity contribution in [3.8, 4) is 16.9 Å². The van der Waals surface area contributed by atoms with Crippen molar-refractivity contribution in [1.29, 1.82) is 0 Å². The molecule has 2 aromatic heterocycles. The third kappa shape index (κ3) is 6.77. The average Bonchev–Trinajstić information content (AvgIpc) is 3.43. The second-order valence-corrected chi connectivity index (χ2v) is 11.6. The van der Waals surface area contributed by atoms with Crippen LogP contribution >= 0.6 is 23.2 Å². The summed E-state index contributed by atoms with van der Waals surface area (Å²) in [5.74, 6) is 1.08. The number of aryl methyl sites for hydroxylation is 3. The van der Waals surface area contributed by atoms with Crippen molar-refractivity contribution >= 4 is 45.7 Å². The Hall–Kier alpha value is -3.87. The Balaban J connectivity index is 1.09. The van der Waals surface area contributed by atoms with Gasteiger partial charge >= 0.3 is 0 Å². The lowest BCUT2D eigenvalue weighted by Gasteiger charge is -2.17. The standard InChI is InChI=1S/C34H33Cl2N5O/c35-27-18-26(19-28(36)21-27)32-22-30(41(40-32)31-15-13-23-6-1-2-7-25(23)20-31)10-3-11-33(42)37-16-5-9-29-14-12-24-8-4-17-38-34(24)39-29/h1-2,6-7,12-15,18-22H,3-5,8-11,16-17H2,(H,37,42)(H,38,39). The van der Waals surface area contributed by atoms with Gasteiger partial charge in [-0.2, -0.15) is 5.10 Å². The van der Waals surface area contributed by atoms with Gasteiger partial charge in [0.25, 0.3) is 0 Å². The molecule has 2 N–H and O–H groups in total. The minimum Gasteiger partial charge on any atom is -0.370 e. The summed E-state index contributed by atoms with van der Waals surface area (Å²) in [4.78, 5) is 17.4. The van der Waals surface area contributed by atoms with Gasteiger partial charge in [-0.05, 0) is 97.3 Å². The highest BCUT2D eigenvalue weighted by molar-refractivity contribution is 6.35. The second kappa shape index (κ2) is 13.0. The van der Waals surface area contributed by atoms with E-state index in [2.05, 4.69) is 59.2 Å². The summed E-state index contributed by atoms with van der Waals surface area (Å²) < 4.78 is 1.97. The number of benzene rings is 3. The van der Waals surface area contributed by atoms with Crippen molar-refractivity contribution in [3.05, 3.63) is 106 Å². The van der Waals surface area contributed by atoms with Gasteiger partial charge < -0.3 is 10.6 Å². The van der Waals surface area contributed by atoms with Crippen molar-refractivity contribution in [3.63, 3.8) is 0 Å². The molecule has 5 aromatic rings. The maximum atomic E-state index is 12.7. The zero-order valence-corrected chi connectivity index (χ0v) is 24.9. The number of carbonyl (C=O) groups excluding carboxylic acids is 1. The van der Waals surface area contributed by atoms with E-state index < -0.39 is 0 Å². The van der Waals surface area contributed by atoms with E-state index in [1.54, 1.807) is 6.07 Å². The summed E-state index contributed by atoms with van der Waals surface area (Å²) in [6.07, 6.45) is 5.80. The molecule has 214 valence electrons. The summed E-state index contributed by atoms with van der Waals surface area (Å²) in [5, 5.41) is 14.9. The van der Waals surface area contributed by atoms with Crippen molar-refractivity contribution in [1.82, 2.24) is 20.1 Å². The quantitative estimate of drug-likeness (QED) is 0.161. The normalized spacial score (nSPS) is 12.6. The molecule has 0 saturated carbocycles. The molecule has 0 unspecified atom stereocenters. The number of anilines is 1. The minimum atomic E-state index is 0.0636. The van der Waals surface area contributed by atoms with Gasteiger partial charge in [0.05, 0.1) is 11.4 Å². The number of fused-ring (bicyclic) bond motifs is 2. The zero-order valence-electron chi connectivity index (χ0n) is 23.4. The number of amides is 1. The summed E-state index contributed by atoms with van der Waals surface area (Å²) in [7, 11) is 0. The van der Waals surface area contributed by atoms with Gasteiger partial charge in [0.2, 0.25) is 5.91 Å². The Morgan fingerprint density at radius 3 is 2.60 bits per heavy atom. The third-order valence-corrected chi connectivity index (χ3v) is 8.08. The molecule has 1 aliphatic heterocycles. The number of carbonyl (C=O) groups is 1. The van der Waals surface area contributed by atoms with Crippen LogP contribution in [0.25, 0.3) is 27.7 Å². The SMILES string of the molecule is O=C(CCCc1cc(-c2cc(Cl)cc(Cl)c2)nn1-c1ccc2ccccc2c1)NCCCc1ccc2c(n1)NCCC2. The van der Waals surface area contributed by atoms with Crippen LogP contribution in [-0.4, -0.2) is 33.8 Å². The Kier molecular flexibility index (Phi) is 8.73. The monoisotopic (exact) mass is 597 g/mol. The number of hydrogen-bond donors (Lipinski definition) is 2. The third-order valence-electron chi connectivity index (χ3n) is 7.64. The molecular weight excluding hydrogens is 565 g/mol. The van der Waals surface area contributed by atoms with E-state index in [1.807, 2.05) is 28.9 Å². The Bertz CT molecular complexity index is 1710. The van der Waals surface area contributed by atoms with E-state index in [1.165, 1.54) is 10.9 Å². The number of pyridine rings is 1. The number of hydrogen-bond acceptors (Lipinski definition) is 4. The van der Waals surface area contributed by atoms with Crippen molar-refractivity contribution in [2.24, 2.45) is 0 Å². The summed E-state index contributed by atoms with van der Waals surface area (Å²) in [6.45, 7) is 1.62. The molecule has 0 atom stereocenters. The summed E-state index contributed by atoms with van der Waals surface area (Å²) in [5.41, 5.74) is 6.00. The van der Waals surface area contributed by atoms with E-state index in [9.17, 15) is 4.79 Å². The fourth-order valence-corrected chi connectivity index (χ4v) is 6.02. The molecule has 42 heavy (non-hydrogen) atoms. The van der Waals surface area contributed by atoms with Crippen molar-refractivity contribution in [2.75, 3.05) is 18.4 Å². The van der Waals surface area contributed by atoms with Crippen LogP contribution in [0.4, 0.5) is 5.82 Å². The van der Waals surface area contributed by atoms with Crippen LogP contribution in [0, 0.1) is 0 Å². The van der Waals surface area contributed by atoms with E-state index in [0.29, 0.717) is 35.9 Å². The molecular formula is C34H33Cl2N5O. The molecule has 0 bridgehead atoms. The molecule has 3 aromatic carbocycles. The first-order chi connectivity index (χ1) is 20.5. The molecule has 8 heteroatoms. The highest BCUT2D eigenvalue weighted by Gasteiger charge is 2.14. The molecule has 0 saturated heterocycles. The number of nitrogens with one attached hydrogen (secondary N) is 2. The van der Waals surface area contributed by atoms with Crippen molar-refractivity contribution in [2.45, 2.75) is 44.9 Å². The van der Waals surface area contributed by atoms with Gasteiger partial charge in [0, 0.05) is 46.5 Å². The molecule has 0 radical (unpaired) electrons. The van der Waals surface area contributed by atoms with E-state index >= 15 is 0 Å². The molecule has 0 fully saturated rings. The molecule has 0 spiro atoms. The molecule has 6 rings (SSSR count). The van der Waals surface area contributed by atoms with Gasteiger partial charge in [-0.15, -0.1) is 0 Å². The van der Waals surface area contributed by atoms with Crippen LogP contribution in [-0.2, 0) is 24.1 Å². The van der Waals surface area contributed by atoms with Gasteiger partial charge in [-0.3, -0.25) is 4.79 Å². The number of nitrogens with zero attached hydrogens (tertiary/aromatic N) is 3. The Morgan fingerprint density at radius 2 is 1.74 bits per heavy atom. The van der Waals surface area contributed by atoms with Crippen LogP contribution < -0.4 is 10.6 Å². The van der Waals surface area contributed by atoms with Crippen LogP contribution in [0.15, 0.2) is 78.9 Å². The van der Waals surface area contributed by atoms with Gasteiger partial charge in [-0.25, -0.2) is 9.67 Å². The fourth-order valence-electron chi connectivity index (χ4n) is 5.50. The first-order valence-electron chi connectivity index (χ1n) is 14.6. The predicted octanol–water partition coefficient (Wildman–Crippen LogP) is 7.82. The minimum absolute atomic E-state index is 0.0636. The molecule has 0 aliphatic carbocycles. The lowest BCUT2D eigenvalue weighted by atomic mass is 10.1. The number of aromatic nitrogens is 3. The molecule has 6 nitrogen and oxygen atoms in total. The van der Waals surface area contributed by atoms with E-state index in [-0.39, 0.29) is 5.91 Å². The molecule has 1 amide bonds. The summed E-state index contributed by atoms with van der Waals surface area (Å²) in [6, 6.07) is 26.4. The number of rotatable bonds is 10. The number of halogens is 2. The Morgan fingerprint density at radius 1 is 0.905 bits per heavy atom. The first-order valence-corrected chi connectivity index (χ1v) is 15.3. The highest BCUT2D eigenvalue weighted by atomic mass is 35.5. The van der Waals surface area contributed by atoms with E-state index in [0.717, 1.165) is 71.8 Å². The lowest BCUT2D eigenvalue weighted by Crippen LogP contribution is -2.24. The van der Waals surface area contributed by atoms with Crippen LogP contribution in [0.2, 0.25) is 10.0 Å². The first kappa shape index (κ1) is 28.3. The largest absolute Gasteiger partial charge is 0.370 e. The van der Waals surface area contributed by atoms with Crippen LogP contribution in [0.3, 0.4) is 0 Å². The average molecular weight is 599 g/mol. The maximum Gasteiger partial charge on any atom is 0.220 e. The van der Waals surface area contributed by atoms with Gasteiger partial charge in [0.15, 0.2) is 0 Å². The zero-order chi connectivity index (χ0) is 28.9. The van der Waals surface area contributed by atoms with Crippen LogP contribution in [0.1, 0.15) is 42.6 Å². The highest BCUT2D eigenvalue weighted by Crippen LogP contribution is 2.29. The second-order valence-electron chi connectivity index (χ2n) is 10.8. The molecule has 3 heterocycles. The smallest absolute Gasteiger partial charge is 0.220 e. The lowest BCUT2D eigenvalue weighted by molar-refractivity contribution is -0.121. The topological polar surface area (TPSA) is 71.8 Å². The van der Waals surface area contributed by atoms with Gasteiger partial charge in [0.1, 0.15) is 5.82 Å². The van der Waals surface area contributed by atoms with Crippen molar-refractivity contribution < 1.29 is 4.79 Å². The summed E-state index contributed by atoms with van der Waals surface area (Å²) >= 11 is 12.6. The van der Waals surface area contributed by atoms with E-state index in [4.69, 9.17) is 33.3 Å². The predicted molar refractivity (Wildman–Crippen MR) is 172 cm³/mol. The Labute approximate surface area is 256 Å². The molecule has 1 aliphatic rings. The van der Waals surface area contributed by atoms with Crippen LogP contribution in [0.5, 0.6) is 0 Å². The van der Waals surface area contributed by atoms with Gasteiger partial charge in [-0.1, -0.05) is 59.6 Å². The fraction of sp³-hybridized carbons (Fsp3) is 0.265.